The van der Waals surface area contributed by atoms with E-state index in [1.54, 1.807) is 17.2 Å². The maximum atomic E-state index is 11.9. The summed E-state index contributed by atoms with van der Waals surface area (Å²) < 4.78 is 5.07. The lowest BCUT2D eigenvalue weighted by Gasteiger charge is -2.27. The van der Waals surface area contributed by atoms with Crippen molar-refractivity contribution >= 4 is 17.9 Å². The Labute approximate surface area is 164 Å². The second-order valence-corrected chi connectivity index (χ2v) is 7.23. The lowest BCUT2D eigenvalue weighted by Crippen LogP contribution is -2.42. The minimum Gasteiger partial charge on any atom is -0.447 e. The van der Waals surface area contributed by atoms with Crippen molar-refractivity contribution in [2.45, 2.75) is 26.1 Å². The number of ether oxygens (including phenoxy) is 1. The summed E-state index contributed by atoms with van der Waals surface area (Å²) in [5.41, 5.74) is 2.48. The van der Waals surface area contributed by atoms with Gasteiger partial charge in [0.25, 0.3) is 0 Å². The van der Waals surface area contributed by atoms with Crippen LogP contribution in [0.4, 0.5) is 16.6 Å². The number of carbonyl (C=O) groups excluding carboxylic acids is 1. The summed E-state index contributed by atoms with van der Waals surface area (Å²) in [6, 6.07) is 10.3. The molecule has 0 spiro atoms. The number of anilines is 2. The minimum atomic E-state index is -0.364. The van der Waals surface area contributed by atoms with Crippen molar-refractivity contribution in [2.24, 2.45) is 0 Å². The number of piperazine rings is 1. The first-order valence-electron chi connectivity index (χ1n) is 9.73. The van der Waals surface area contributed by atoms with E-state index >= 15 is 0 Å². The van der Waals surface area contributed by atoms with Crippen molar-refractivity contribution in [1.29, 1.82) is 0 Å². The van der Waals surface area contributed by atoms with Crippen LogP contribution in [0.25, 0.3) is 0 Å². The van der Waals surface area contributed by atoms with Crippen LogP contribution in [0.1, 0.15) is 18.1 Å². The molecule has 2 fully saturated rings. The molecule has 1 amide bonds. The summed E-state index contributed by atoms with van der Waals surface area (Å²) in [5, 5.41) is 6.61. The van der Waals surface area contributed by atoms with Gasteiger partial charge >= 0.3 is 6.09 Å². The van der Waals surface area contributed by atoms with Crippen molar-refractivity contribution < 1.29 is 9.53 Å². The Morgan fingerprint density at radius 1 is 1.18 bits per heavy atom. The molecular formula is C20H26N6O2. The van der Waals surface area contributed by atoms with Gasteiger partial charge in [0.2, 0.25) is 5.95 Å². The molecule has 148 valence electrons. The highest BCUT2D eigenvalue weighted by Gasteiger charge is 2.32. The summed E-state index contributed by atoms with van der Waals surface area (Å²) in [7, 11) is 0. The highest BCUT2D eigenvalue weighted by molar-refractivity contribution is 5.89. The Morgan fingerprint density at radius 3 is 2.64 bits per heavy atom. The molecule has 2 N–H and O–H groups in total. The van der Waals surface area contributed by atoms with E-state index in [9.17, 15) is 4.79 Å². The minimum absolute atomic E-state index is 0.0292. The van der Waals surface area contributed by atoms with Gasteiger partial charge in [0.05, 0.1) is 6.04 Å². The van der Waals surface area contributed by atoms with Gasteiger partial charge in [0.1, 0.15) is 12.4 Å². The van der Waals surface area contributed by atoms with Gasteiger partial charge in [-0.3, -0.25) is 9.80 Å². The van der Waals surface area contributed by atoms with Crippen LogP contribution >= 0.6 is 0 Å². The van der Waals surface area contributed by atoms with Crippen LogP contribution < -0.4 is 15.5 Å². The number of carbonyl (C=O) groups is 1. The van der Waals surface area contributed by atoms with Crippen LogP contribution in [0.3, 0.4) is 0 Å². The zero-order valence-corrected chi connectivity index (χ0v) is 16.1. The molecule has 0 radical (unpaired) electrons. The van der Waals surface area contributed by atoms with Crippen LogP contribution in [-0.2, 0) is 17.8 Å². The molecule has 0 saturated carbocycles. The predicted molar refractivity (Wildman–Crippen MR) is 107 cm³/mol. The summed E-state index contributed by atoms with van der Waals surface area (Å²) in [6.45, 7) is 8.25. The fourth-order valence-corrected chi connectivity index (χ4v) is 3.47. The van der Waals surface area contributed by atoms with E-state index in [1.807, 2.05) is 6.92 Å². The average Bonchev–Trinajstić information content (AvgIpc) is 3.07. The van der Waals surface area contributed by atoms with Gasteiger partial charge < -0.3 is 15.4 Å². The van der Waals surface area contributed by atoms with Crippen molar-refractivity contribution in [3.63, 3.8) is 0 Å². The molecular weight excluding hydrogens is 356 g/mol. The van der Waals surface area contributed by atoms with E-state index in [4.69, 9.17) is 4.74 Å². The third kappa shape index (κ3) is 4.40. The molecule has 0 unspecified atom stereocenters. The van der Waals surface area contributed by atoms with Crippen molar-refractivity contribution in [2.75, 3.05) is 43.0 Å². The van der Waals surface area contributed by atoms with E-state index in [0.717, 1.165) is 38.3 Å². The Morgan fingerprint density at radius 2 is 1.93 bits per heavy atom. The van der Waals surface area contributed by atoms with Crippen LogP contribution in [0.2, 0.25) is 0 Å². The molecule has 1 aromatic carbocycles. The van der Waals surface area contributed by atoms with Gasteiger partial charge in [-0.2, -0.15) is 4.98 Å². The van der Waals surface area contributed by atoms with Gasteiger partial charge in [-0.15, -0.1) is 0 Å². The van der Waals surface area contributed by atoms with Crippen LogP contribution in [-0.4, -0.2) is 59.8 Å². The molecule has 2 aliphatic heterocycles. The molecule has 4 rings (SSSR count). The van der Waals surface area contributed by atoms with Crippen molar-refractivity contribution in [3.8, 4) is 0 Å². The summed E-state index contributed by atoms with van der Waals surface area (Å²) in [6.07, 6.45) is 1.29. The van der Waals surface area contributed by atoms with Crippen molar-refractivity contribution in [3.05, 3.63) is 47.7 Å². The number of hydrogen-bond donors (Lipinski definition) is 2. The molecule has 2 aliphatic rings. The maximum Gasteiger partial charge on any atom is 0.415 e. The number of aromatic nitrogens is 2. The zero-order chi connectivity index (χ0) is 19.3. The molecule has 3 heterocycles. The van der Waals surface area contributed by atoms with Crippen molar-refractivity contribution in [1.82, 2.24) is 20.2 Å². The number of nitrogens with zero attached hydrogens (tertiary/aromatic N) is 4. The van der Waals surface area contributed by atoms with Crippen LogP contribution in [0.5, 0.6) is 0 Å². The molecule has 2 aromatic rings. The van der Waals surface area contributed by atoms with Crippen LogP contribution in [0, 0.1) is 0 Å². The summed E-state index contributed by atoms with van der Waals surface area (Å²) >= 11 is 0. The molecule has 2 saturated heterocycles. The monoisotopic (exact) mass is 382 g/mol. The Hall–Kier alpha value is -2.71. The number of cyclic esters (lactones) is 1. The lowest BCUT2D eigenvalue weighted by atomic mass is 10.1. The molecule has 28 heavy (non-hydrogen) atoms. The second-order valence-electron chi connectivity index (χ2n) is 7.23. The molecule has 0 aliphatic carbocycles. The zero-order valence-electron chi connectivity index (χ0n) is 16.1. The molecule has 8 nitrogen and oxygen atoms in total. The quantitative estimate of drug-likeness (QED) is 0.789. The molecule has 1 atom stereocenters. The van der Waals surface area contributed by atoms with Gasteiger partial charge in [0.15, 0.2) is 0 Å². The number of hydrogen-bond acceptors (Lipinski definition) is 7. The molecule has 0 bridgehead atoms. The average molecular weight is 382 g/mol. The Kier molecular flexibility index (Phi) is 5.68. The third-order valence-corrected chi connectivity index (χ3v) is 5.06. The Balaban J connectivity index is 1.34. The van der Waals surface area contributed by atoms with Crippen LogP contribution in [0.15, 0.2) is 36.5 Å². The fraction of sp³-hybridized carbons (Fsp3) is 0.450. The largest absolute Gasteiger partial charge is 0.447 e. The summed E-state index contributed by atoms with van der Waals surface area (Å²) in [4.78, 5) is 24.6. The van der Waals surface area contributed by atoms with Gasteiger partial charge in [0, 0.05) is 45.5 Å². The SMILES string of the molecule is C[C@H]1COC(=O)N1c1ccnc(NCc2ccc(CN3CCNCC3)cc2)n1. The number of rotatable bonds is 6. The van der Waals surface area contributed by atoms with E-state index in [-0.39, 0.29) is 12.1 Å². The maximum absolute atomic E-state index is 11.9. The Bertz CT molecular complexity index is 807. The van der Waals surface area contributed by atoms with Gasteiger partial charge in [-0.1, -0.05) is 24.3 Å². The topological polar surface area (TPSA) is 82.6 Å². The standard InChI is InChI=1S/C20H26N6O2/c1-15-14-28-20(27)26(15)18-6-7-22-19(24-18)23-12-16-2-4-17(5-3-16)13-25-10-8-21-9-11-25/h2-7,15,21H,8-14H2,1H3,(H,22,23,24)/t15-/m0/s1. The lowest BCUT2D eigenvalue weighted by molar-refractivity contribution is 0.179. The normalized spacial score (nSPS) is 20.2. The highest BCUT2D eigenvalue weighted by atomic mass is 16.6. The van der Waals surface area contributed by atoms with E-state index in [2.05, 4.69) is 49.8 Å². The first-order valence-corrected chi connectivity index (χ1v) is 9.73. The second kappa shape index (κ2) is 8.53. The van der Waals surface area contributed by atoms with Gasteiger partial charge in [-0.25, -0.2) is 9.78 Å². The number of benzene rings is 1. The number of nitrogens with one attached hydrogen (secondary N) is 2. The summed E-state index contributed by atoms with van der Waals surface area (Å²) in [5.74, 6) is 1.05. The first-order chi connectivity index (χ1) is 13.7. The van der Waals surface area contributed by atoms with Gasteiger partial charge in [-0.05, 0) is 24.1 Å². The third-order valence-electron chi connectivity index (χ3n) is 5.06. The van der Waals surface area contributed by atoms with E-state index in [0.29, 0.717) is 24.9 Å². The first kappa shape index (κ1) is 18.6. The number of amides is 1. The fourth-order valence-electron chi connectivity index (χ4n) is 3.47. The highest BCUT2D eigenvalue weighted by Crippen LogP contribution is 2.21. The molecule has 1 aromatic heterocycles. The molecule has 8 heteroatoms. The predicted octanol–water partition coefficient (Wildman–Crippen LogP) is 1.84. The van der Waals surface area contributed by atoms with E-state index in [1.165, 1.54) is 5.56 Å². The smallest absolute Gasteiger partial charge is 0.415 e. The van der Waals surface area contributed by atoms with E-state index < -0.39 is 0 Å².